The van der Waals surface area contributed by atoms with Crippen LogP contribution in [0.15, 0.2) is 48.5 Å². The van der Waals surface area contributed by atoms with Gasteiger partial charge < -0.3 is 9.64 Å². The van der Waals surface area contributed by atoms with Crippen LogP contribution in [0.3, 0.4) is 0 Å². The van der Waals surface area contributed by atoms with Crippen molar-refractivity contribution in [2.45, 2.75) is 52.5 Å². The Balaban J connectivity index is 1.26. The number of rotatable bonds is 7. The number of hydrogen-bond acceptors (Lipinski definition) is 6. The lowest BCUT2D eigenvalue weighted by Crippen LogP contribution is -2.55. The second-order valence-corrected chi connectivity index (χ2v) is 10.4. The first-order chi connectivity index (χ1) is 17.3. The van der Waals surface area contributed by atoms with Crippen LogP contribution in [-0.4, -0.2) is 89.9 Å². The van der Waals surface area contributed by atoms with E-state index >= 15 is 0 Å². The molecule has 1 amide bonds. The molecule has 0 unspecified atom stereocenters. The highest BCUT2D eigenvalue weighted by molar-refractivity contribution is 5.89. The molecular weight excluding hydrogens is 452 g/mol. The van der Waals surface area contributed by atoms with Crippen LogP contribution in [0.25, 0.3) is 0 Å². The summed E-state index contributed by atoms with van der Waals surface area (Å²) in [4.78, 5) is 32.7. The van der Waals surface area contributed by atoms with Crippen molar-refractivity contribution < 1.29 is 14.3 Å². The molecular formula is C29H40N4O3. The van der Waals surface area contributed by atoms with Gasteiger partial charge in [-0.2, -0.15) is 0 Å². The van der Waals surface area contributed by atoms with Crippen molar-refractivity contribution in [2.24, 2.45) is 0 Å². The topological polar surface area (TPSA) is 56.3 Å². The van der Waals surface area contributed by atoms with Crippen molar-refractivity contribution in [1.29, 1.82) is 0 Å². The molecule has 36 heavy (non-hydrogen) atoms. The van der Waals surface area contributed by atoms with Gasteiger partial charge in [0, 0.05) is 77.9 Å². The van der Waals surface area contributed by atoms with Crippen LogP contribution in [0, 0.1) is 0 Å². The normalized spacial score (nSPS) is 21.9. The van der Waals surface area contributed by atoms with Gasteiger partial charge in [-0.05, 0) is 42.7 Å². The Morgan fingerprint density at radius 2 is 1.22 bits per heavy atom. The van der Waals surface area contributed by atoms with E-state index in [0.717, 1.165) is 58.9 Å². The minimum absolute atomic E-state index is 0.178. The second-order valence-electron chi connectivity index (χ2n) is 10.4. The van der Waals surface area contributed by atoms with Crippen LogP contribution < -0.4 is 0 Å². The summed E-state index contributed by atoms with van der Waals surface area (Å²) in [7, 11) is 1.41. The molecule has 2 aromatic rings. The highest BCUT2D eigenvalue weighted by Crippen LogP contribution is 2.21. The molecule has 0 aromatic heterocycles. The van der Waals surface area contributed by atoms with E-state index in [9.17, 15) is 9.59 Å². The molecule has 2 atom stereocenters. The van der Waals surface area contributed by atoms with Crippen molar-refractivity contribution in [2.75, 3.05) is 46.4 Å². The predicted octanol–water partition coefficient (Wildman–Crippen LogP) is 3.23. The van der Waals surface area contributed by atoms with Gasteiger partial charge in [-0.15, -0.1) is 0 Å². The average Bonchev–Trinajstić information content (AvgIpc) is 2.87. The summed E-state index contributed by atoms with van der Waals surface area (Å²) in [5.41, 5.74) is 4.49. The molecule has 0 N–H and O–H groups in total. The van der Waals surface area contributed by atoms with Gasteiger partial charge >= 0.3 is 5.97 Å². The number of amides is 1. The van der Waals surface area contributed by atoms with Crippen molar-refractivity contribution >= 4 is 11.9 Å². The summed E-state index contributed by atoms with van der Waals surface area (Å²) in [6.07, 6.45) is 0. The molecule has 0 aliphatic carbocycles. The maximum absolute atomic E-state index is 11.7. The smallest absolute Gasteiger partial charge is 0.337 e. The molecule has 2 aromatic carbocycles. The van der Waals surface area contributed by atoms with Crippen LogP contribution in [0.4, 0.5) is 0 Å². The van der Waals surface area contributed by atoms with Crippen LogP contribution in [-0.2, 0) is 29.2 Å². The number of carbonyl (C=O) groups is 2. The zero-order chi connectivity index (χ0) is 25.7. The summed E-state index contributed by atoms with van der Waals surface area (Å²) in [6, 6.07) is 17.7. The van der Waals surface area contributed by atoms with E-state index in [-0.39, 0.29) is 11.9 Å². The molecule has 2 fully saturated rings. The van der Waals surface area contributed by atoms with Gasteiger partial charge in [0.2, 0.25) is 5.91 Å². The van der Waals surface area contributed by atoms with Crippen LogP contribution in [0.5, 0.6) is 0 Å². The van der Waals surface area contributed by atoms with Crippen LogP contribution >= 0.6 is 0 Å². The van der Waals surface area contributed by atoms with E-state index in [1.807, 2.05) is 29.2 Å². The number of nitrogens with zero attached hydrogens (tertiary/aromatic N) is 4. The number of hydrogen-bond donors (Lipinski definition) is 0. The van der Waals surface area contributed by atoms with Gasteiger partial charge in [0.1, 0.15) is 0 Å². The van der Waals surface area contributed by atoms with E-state index in [4.69, 9.17) is 4.74 Å². The van der Waals surface area contributed by atoms with E-state index in [0.29, 0.717) is 17.6 Å². The number of methoxy groups -OCH3 is 1. The number of piperazine rings is 2. The summed E-state index contributed by atoms with van der Waals surface area (Å²) >= 11 is 0. The lowest BCUT2D eigenvalue weighted by molar-refractivity contribution is -0.130. The minimum Gasteiger partial charge on any atom is -0.465 e. The third-order valence-electron chi connectivity index (χ3n) is 7.57. The molecule has 194 valence electrons. The van der Waals surface area contributed by atoms with Crippen LogP contribution in [0.1, 0.15) is 47.8 Å². The van der Waals surface area contributed by atoms with Crippen molar-refractivity contribution in [3.63, 3.8) is 0 Å². The first-order valence-corrected chi connectivity index (χ1v) is 13.0. The monoisotopic (exact) mass is 492 g/mol. The SMILES string of the molecule is COC(=O)c1ccc(CN2C[C@@H](C)N(Cc3ccc(CN4CCN(C(C)=O)CC4)cc3)[C@@H](C)C2)cc1. The maximum Gasteiger partial charge on any atom is 0.337 e. The Labute approximate surface area is 215 Å². The fourth-order valence-corrected chi connectivity index (χ4v) is 5.47. The standard InChI is InChI=1S/C29H40N4O3/c1-22-17-31(20-26-9-11-28(12-10-26)29(35)36-4)18-23(2)33(22)21-27-7-5-25(6-8-27)19-30-13-15-32(16-14-30)24(3)34/h5-12,22-23H,13-21H2,1-4H3/t22-,23+. The van der Waals surface area contributed by atoms with E-state index in [2.05, 4.69) is 52.8 Å². The molecule has 7 heteroatoms. The number of ether oxygens (including phenoxy) is 1. The zero-order valence-corrected chi connectivity index (χ0v) is 22.2. The maximum atomic E-state index is 11.7. The number of carbonyl (C=O) groups excluding carboxylic acids is 2. The Morgan fingerprint density at radius 1 is 0.750 bits per heavy atom. The number of esters is 1. The lowest BCUT2D eigenvalue weighted by Gasteiger charge is -2.44. The van der Waals surface area contributed by atoms with Crippen molar-refractivity contribution in [3.8, 4) is 0 Å². The van der Waals surface area contributed by atoms with Gasteiger partial charge in [-0.1, -0.05) is 36.4 Å². The summed E-state index contributed by atoms with van der Waals surface area (Å²) in [5.74, 6) is -0.115. The molecule has 0 spiro atoms. The molecule has 2 saturated heterocycles. The highest BCUT2D eigenvalue weighted by atomic mass is 16.5. The Morgan fingerprint density at radius 3 is 1.72 bits per heavy atom. The fourth-order valence-electron chi connectivity index (χ4n) is 5.47. The minimum atomic E-state index is -0.294. The fraction of sp³-hybridized carbons (Fsp3) is 0.517. The molecule has 0 bridgehead atoms. The van der Waals surface area contributed by atoms with Crippen molar-refractivity contribution in [1.82, 2.24) is 19.6 Å². The molecule has 7 nitrogen and oxygen atoms in total. The van der Waals surface area contributed by atoms with Gasteiger partial charge in [-0.3, -0.25) is 19.5 Å². The molecule has 0 saturated carbocycles. The Hall–Kier alpha value is -2.74. The quantitative estimate of drug-likeness (QED) is 0.553. The zero-order valence-electron chi connectivity index (χ0n) is 22.2. The lowest BCUT2D eigenvalue weighted by atomic mass is 10.0. The van der Waals surface area contributed by atoms with E-state index < -0.39 is 0 Å². The average molecular weight is 493 g/mol. The Kier molecular flexibility index (Phi) is 8.77. The third-order valence-corrected chi connectivity index (χ3v) is 7.57. The van der Waals surface area contributed by atoms with Gasteiger partial charge in [0.05, 0.1) is 12.7 Å². The van der Waals surface area contributed by atoms with Gasteiger partial charge in [-0.25, -0.2) is 4.79 Å². The predicted molar refractivity (Wildman–Crippen MR) is 141 cm³/mol. The van der Waals surface area contributed by atoms with Crippen molar-refractivity contribution in [3.05, 3.63) is 70.8 Å². The first-order valence-electron chi connectivity index (χ1n) is 13.0. The largest absolute Gasteiger partial charge is 0.465 e. The summed E-state index contributed by atoms with van der Waals surface area (Å²) in [5, 5.41) is 0. The van der Waals surface area contributed by atoms with Gasteiger partial charge in [0.15, 0.2) is 0 Å². The second kappa shape index (κ2) is 12.0. The molecule has 2 heterocycles. The molecule has 0 radical (unpaired) electrons. The highest BCUT2D eigenvalue weighted by Gasteiger charge is 2.29. The van der Waals surface area contributed by atoms with Gasteiger partial charge in [0.25, 0.3) is 0 Å². The summed E-state index contributed by atoms with van der Waals surface area (Å²) < 4.78 is 4.80. The molecule has 2 aliphatic heterocycles. The first kappa shape index (κ1) is 26.3. The Bertz CT molecular complexity index is 1000. The van der Waals surface area contributed by atoms with E-state index in [1.54, 1.807) is 6.92 Å². The third kappa shape index (κ3) is 6.72. The van der Waals surface area contributed by atoms with E-state index in [1.165, 1.54) is 23.8 Å². The number of benzene rings is 2. The summed E-state index contributed by atoms with van der Waals surface area (Å²) in [6.45, 7) is 14.7. The van der Waals surface area contributed by atoms with Crippen LogP contribution in [0.2, 0.25) is 0 Å². The molecule has 2 aliphatic rings. The molecule has 4 rings (SSSR count).